The average molecular weight is 355 g/mol. The van der Waals surface area contributed by atoms with Crippen molar-refractivity contribution in [2.45, 2.75) is 38.9 Å². The fourth-order valence-electron chi connectivity index (χ4n) is 3.72. The van der Waals surface area contributed by atoms with Gasteiger partial charge in [-0.1, -0.05) is 36.4 Å². The summed E-state index contributed by atoms with van der Waals surface area (Å²) in [5, 5.41) is 0. The predicted molar refractivity (Wildman–Crippen MR) is 109 cm³/mol. The molecule has 2 aromatic rings. The van der Waals surface area contributed by atoms with Crippen molar-refractivity contribution in [3.8, 4) is 0 Å². The first-order valence-corrected chi connectivity index (χ1v) is 9.74. The van der Waals surface area contributed by atoms with Gasteiger partial charge < -0.3 is 0 Å². The quantitative estimate of drug-likeness (QED) is 0.487. The van der Waals surface area contributed by atoms with Crippen LogP contribution in [0.15, 0.2) is 48.5 Å². The van der Waals surface area contributed by atoms with Gasteiger partial charge >= 0.3 is 0 Å². The van der Waals surface area contributed by atoms with E-state index in [1.54, 1.807) is 12.1 Å². The van der Waals surface area contributed by atoms with E-state index in [1.165, 1.54) is 47.7 Å². The molecule has 0 spiro atoms. The Morgan fingerprint density at radius 3 is 2.68 bits per heavy atom. The zero-order valence-electron chi connectivity index (χ0n) is 15.1. The van der Waals surface area contributed by atoms with Gasteiger partial charge in [0.1, 0.15) is 5.82 Å². The minimum absolute atomic E-state index is 0.175. The number of hydrogen-bond donors (Lipinski definition) is 0. The van der Waals surface area contributed by atoms with E-state index in [0.29, 0.717) is 5.78 Å². The van der Waals surface area contributed by atoms with Crippen molar-refractivity contribution in [2.24, 2.45) is 0 Å². The van der Waals surface area contributed by atoms with Crippen LogP contribution in [-0.2, 0) is 0 Å². The molecule has 2 aromatic carbocycles. The highest BCUT2D eigenvalue weighted by Gasteiger charge is 2.21. The topological polar surface area (TPSA) is 3.24 Å². The van der Waals surface area contributed by atoms with Crippen LogP contribution in [-0.4, -0.2) is 23.8 Å². The molecule has 0 saturated carbocycles. The van der Waals surface area contributed by atoms with Crippen molar-refractivity contribution in [3.05, 3.63) is 71.0 Å². The Hall–Kier alpha value is -1.50. The van der Waals surface area contributed by atoms with E-state index < -0.39 is 0 Å². The molecule has 132 valence electrons. The highest BCUT2D eigenvalue weighted by atomic mass is 31.0. The molecule has 3 heteroatoms. The Morgan fingerprint density at radius 1 is 1.20 bits per heavy atom. The molecule has 1 heterocycles. The number of rotatable bonds is 5. The second-order valence-electron chi connectivity index (χ2n) is 6.92. The molecule has 2 unspecified atom stereocenters. The van der Waals surface area contributed by atoms with Gasteiger partial charge in [-0.15, -0.1) is 9.24 Å². The molecule has 0 aliphatic carbocycles. The van der Waals surface area contributed by atoms with Crippen molar-refractivity contribution in [1.29, 1.82) is 0 Å². The van der Waals surface area contributed by atoms with Gasteiger partial charge in [0.25, 0.3) is 0 Å². The van der Waals surface area contributed by atoms with E-state index in [2.05, 4.69) is 52.3 Å². The second kappa shape index (κ2) is 8.25. The summed E-state index contributed by atoms with van der Waals surface area (Å²) in [6, 6.07) is 15.5. The first-order chi connectivity index (χ1) is 12.1. The Bertz CT molecular complexity index is 768. The Balaban J connectivity index is 1.96. The highest BCUT2D eigenvalue weighted by molar-refractivity contribution is 7.17. The minimum Gasteiger partial charge on any atom is -0.297 e. The lowest BCUT2D eigenvalue weighted by Gasteiger charge is -2.23. The number of halogens is 1. The standard InChI is InChI=1S/C22H27FNP/c1-16-7-3-4-10-20(16)21(12-14-24-13-6-11-22(24)25)17(2)18-8-5-9-19(23)15-18/h3-5,7-10,15,22H,6,11-14,25H2,1-2H3/b21-17+. The molecule has 1 saturated heterocycles. The van der Waals surface area contributed by atoms with Gasteiger partial charge in [0.2, 0.25) is 0 Å². The first kappa shape index (κ1) is 18.3. The van der Waals surface area contributed by atoms with Crippen molar-refractivity contribution in [1.82, 2.24) is 4.90 Å². The first-order valence-electron chi connectivity index (χ1n) is 9.07. The highest BCUT2D eigenvalue weighted by Crippen LogP contribution is 2.32. The summed E-state index contributed by atoms with van der Waals surface area (Å²) in [6.07, 6.45) is 3.52. The molecule has 0 N–H and O–H groups in total. The maximum absolute atomic E-state index is 13.7. The monoisotopic (exact) mass is 355 g/mol. The smallest absolute Gasteiger partial charge is 0.123 e. The molecule has 2 atom stereocenters. The number of aryl methyl sites for hydroxylation is 1. The molecule has 1 aliphatic rings. The minimum atomic E-state index is -0.175. The summed E-state index contributed by atoms with van der Waals surface area (Å²) in [6.45, 7) is 6.50. The number of hydrogen-bond acceptors (Lipinski definition) is 1. The van der Waals surface area contributed by atoms with Gasteiger partial charge in [-0.2, -0.15) is 0 Å². The third kappa shape index (κ3) is 4.37. The third-order valence-corrected chi connectivity index (χ3v) is 6.00. The maximum atomic E-state index is 13.7. The van der Waals surface area contributed by atoms with Gasteiger partial charge in [-0.05, 0) is 79.6 Å². The van der Waals surface area contributed by atoms with Gasteiger partial charge in [0.05, 0.1) is 0 Å². The lowest BCUT2D eigenvalue weighted by atomic mass is 9.91. The fourth-order valence-corrected chi connectivity index (χ4v) is 4.25. The molecular formula is C22H27FNP. The fraction of sp³-hybridized carbons (Fsp3) is 0.364. The number of nitrogens with zero attached hydrogens (tertiary/aromatic N) is 1. The molecule has 3 rings (SSSR count). The SMILES string of the molecule is C/C(=C(/CCN1CCCC1P)c1ccccc1C)c1cccc(F)c1. The van der Waals surface area contributed by atoms with E-state index in [9.17, 15) is 4.39 Å². The molecule has 1 aliphatic heterocycles. The van der Waals surface area contributed by atoms with E-state index in [0.717, 1.165) is 18.5 Å². The molecule has 1 fully saturated rings. The van der Waals surface area contributed by atoms with Crippen LogP contribution in [0.4, 0.5) is 4.39 Å². The van der Waals surface area contributed by atoms with Gasteiger partial charge in [0.15, 0.2) is 0 Å². The van der Waals surface area contributed by atoms with Crippen LogP contribution >= 0.6 is 9.24 Å². The second-order valence-corrected chi connectivity index (χ2v) is 7.69. The van der Waals surface area contributed by atoms with Crippen molar-refractivity contribution in [2.75, 3.05) is 13.1 Å². The number of benzene rings is 2. The summed E-state index contributed by atoms with van der Waals surface area (Å²) in [7, 11) is 2.97. The largest absolute Gasteiger partial charge is 0.297 e. The van der Waals surface area contributed by atoms with Crippen LogP contribution in [0.1, 0.15) is 42.9 Å². The van der Waals surface area contributed by atoms with Crippen LogP contribution < -0.4 is 0 Å². The summed E-state index contributed by atoms with van der Waals surface area (Å²) in [5.41, 5.74) is 6.03. The average Bonchev–Trinajstić information content (AvgIpc) is 3.01. The van der Waals surface area contributed by atoms with Crippen molar-refractivity contribution >= 4 is 20.4 Å². The van der Waals surface area contributed by atoms with Crippen molar-refractivity contribution in [3.63, 3.8) is 0 Å². The zero-order valence-corrected chi connectivity index (χ0v) is 16.3. The summed E-state index contributed by atoms with van der Waals surface area (Å²) in [4.78, 5) is 2.54. The van der Waals surface area contributed by atoms with Gasteiger partial charge in [-0.25, -0.2) is 4.39 Å². The van der Waals surface area contributed by atoms with Crippen molar-refractivity contribution < 1.29 is 4.39 Å². The van der Waals surface area contributed by atoms with Crippen LogP contribution in [0.2, 0.25) is 0 Å². The summed E-state index contributed by atoms with van der Waals surface area (Å²) >= 11 is 0. The normalized spacial score (nSPS) is 19.1. The molecule has 0 radical (unpaired) electrons. The van der Waals surface area contributed by atoms with E-state index >= 15 is 0 Å². The van der Waals surface area contributed by atoms with Crippen LogP contribution in [0.3, 0.4) is 0 Å². The Morgan fingerprint density at radius 2 is 2.00 bits per heavy atom. The Labute approximate surface area is 153 Å². The zero-order chi connectivity index (χ0) is 17.8. The number of likely N-dealkylation sites (tertiary alicyclic amines) is 1. The molecule has 25 heavy (non-hydrogen) atoms. The summed E-state index contributed by atoms with van der Waals surface area (Å²) in [5.74, 6) is 0.415. The predicted octanol–water partition coefficient (Wildman–Crippen LogP) is 5.75. The van der Waals surface area contributed by atoms with Crippen LogP contribution in [0.25, 0.3) is 11.1 Å². The summed E-state index contributed by atoms with van der Waals surface area (Å²) < 4.78 is 13.7. The molecular weight excluding hydrogens is 328 g/mol. The molecule has 0 aromatic heterocycles. The molecule has 0 bridgehead atoms. The van der Waals surface area contributed by atoms with Gasteiger partial charge in [-0.3, -0.25) is 4.90 Å². The van der Waals surface area contributed by atoms with E-state index in [4.69, 9.17) is 0 Å². The van der Waals surface area contributed by atoms with Gasteiger partial charge in [0, 0.05) is 12.3 Å². The maximum Gasteiger partial charge on any atom is 0.123 e. The van der Waals surface area contributed by atoms with Crippen LogP contribution in [0.5, 0.6) is 0 Å². The molecule has 1 nitrogen and oxygen atoms in total. The van der Waals surface area contributed by atoms with E-state index in [-0.39, 0.29) is 5.82 Å². The lowest BCUT2D eigenvalue weighted by molar-refractivity contribution is 0.325. The number of allylic oxidation sites excluding steroid dienone is 1. The van der Waals surface area contributed by atoms with Crippen LogP contribution in [0, 0.1) is 12.7 Å². The third-order valence-electron chi connectivity index (χ3n) is 5.24. The molecule has 0 amide bonds. The Kier molecular flexibility index (Phi) is 6.04. The van der Waals surface area contributed by atoms with E-state index in [1.807, 2.05) is 6.07 Å². The lowest BCUT2D eigenvalue weighted by Crippen LogP contribution is -2.26.